The first-order valence-corrected chi connectivity index (χ1v) is 13.5. The Balaban J connectivity index is 1.79. The normalized spacial score (nSPS) is 21.4. The maximum atomic E-state index is 6.39. The van der Waals surface area contributed by atoms with Crippen LogP contribution < -0.4 is 7.58 Å². The molecule has 0 N–H and O–H groups in total. The van der Waals surface area contributed by atoms with Crippen molar-refractivity contribution < 1.29 is 7.58 Å². The number of hydrogen-bond donors (Lipinski definition) is 0. The minimum Gasteiger partial charge on any atom is -0.611 e. The lowest BCUT2D eigenvalue weighted by atomic mass is 9.91. The Morgan fingerprint density at radius 1 is 0.862 bits per heavy atom. The van der Waals surface area contributed by atoms with Crippen molar-refractivity contribution in [3.05, 3.63) is 56.5 Å². The zero-order valence-corrected chi connectivity index (χ0v) is 20.7. The summed E-state index contributed by atoms with van der Waals surface area (Å²) in [4.78, 5) is 9.88. The van der Waals surface area contributed by atoms with Gasteiger partial charge in [0.05, 0.1) is 23.6 Å². The highest BCUT2D eigenvalue weighted by atomic mass is 79.9. The van der Waals surface area contributed by atoms with Gasteiger partial charge in [-0.2, -0.15) is 0 Å². The number of hydrogen-bond acceptors (Lipinski definition) is 4. The van der Waals surface area contributed by atoms with E-state index in [0.717, 1.165) is 49.7 Å². The van der Waals surface area contributed by atoms with Crippen LogP contribution in [0.5, 0.6) is 11.5 Å². The van der Waals surface area contributed by atoms with Crippen molar-refractivity contribution in [2.45, 2.75) is 50.0 Å². The second-order valence-electron chi connectivity index (χ2n) is 7.41. The molecule has 1 saturated carbocycles. The Kier molecular flexibility index (Phi) is 7.13. The van der Waals surface area contributed by atoms with Crippen LogP contribution in [0.15, 0.2) is 55.3 Å². The molecular weight excluding hydrogens is 511 g/mol. The molecule has 0 amide bonds. The summed E-state index contributed by atoms with van der Waals surface area (Å²) >= 11 is 5.18. The number of benzene rings is 2. The van der Waals surface area contributed by atoms with Crippen molar-refractivity contribution in [1.29, 1.82) is 0 Å². The third-order valence-corrected chi connectivity index (χ3v) is 7.98. The predicted octanol–water partition coefficient (Wildman–Crippen LogP) is 6.34. The van der Waals surface area contributed by atoms with E-state index in [1.165, 1.54) is 12.8 Å². The topological polar surface area (TPSA) is 43.2 Å². The number of fused-ring (bicyclic) bond motifs is 3. The Morgan fingerprint density at radius 2 is 1.34 bits per heavy atom. The Hall–Kier alpha value is -1.13. The Bertz CT molecular complexity index is 862. The third-order valence-electron chi connectivity index (χ3n) is 5.30. The first-order chi connectivity index (χ1) is 14.1. The third kappa shape index (κ3) is 5.33. The number of aliphatic imine (C=N–C) groups is 2. The average molecular weight is 534 g/mol. The van der Waals surface area contributed by atoms with Crippen molar-refractivity contribution in [3.8, 4) is 11.5 Å². The van der Waals surface area contributed by atoms with Gasteiger partial charge in [0.2, 0.25) is 0 Å². The molecule has 0 radical (unpaired) electrons. The van der Waals surface area contributed by atoms with Crippen LogP contribution in [0.2, 0.25) is 5.28 Å². The lowest BCUT2D eigenvalue weighted by Gasteiger charge is -2.25. The smallest absolute Gasteiger partial charge is 0.611 e. The molecule has 0 spiro atoms. The predicted molar refractivity (Wildman–Crippen MR) is 127 cm³/mol. The van der Waals surface area contributed by atoms with Crippen LogP contribution in [0.25, 0.3) is 0 Å². The van der Waals surface area contributed by atoms with Crippen LogP contribution in [0, 0.1) is 0 Å². The second-order valence-corrected chi connectivity index (χ2v) is 11.4. The van der Waals surface area contributed by atoms with Gasteiger partial charge in [-0.15, -0.1) is 0 Å². The van der Waals surface area contributed by atoms with E-state index < -0.39 is 14.8 Å². The van der Waals surface area contributed by atoms with E-state index in [2.05, 4.69) is 50.9 Å². The molecule has 7 heteroatoms. The summed E-state index contributed by atoms with van der Waals surface area (Å²) in [5, 5.41) is 0.852. The van der Waals surface area contributed by atoms with E-state index in [1.54, 1.807) is 0 Å². The number of halogens is 2. The lowest BCUT2D eigenvalue weighted by Crippen LogP contribution is -2.29. The molecule has 0 saturated heterocycles. The molecule has 0 bridgehead atoms. The molecule has 0 aromatic heterocycles. The van der Waals surface area contributed by atoms with E-state index in [-0.39, 0.29) is 12.1 Å². The molecule has 4 nitrogen and oxygen atoms in total. The zero-order valence-electron chi connectivity index (χ0n) is 16.4. The van der Waals surface area contributed by atoms with Crippen LogP contribution in [0.4, 0.5) is 0 Å². The van der Waals surface area contributed by atoms with Crippen molar-refractivity contribution >= 4 is 59.1 Å². The van der Waals surface area contributed by atoms with Crippen LogP contribution in [0.1, 0.15) is 43.7 Å². The molecular formula is C22H23AlBr2N2O2. The molecule has 1 aliphatic heterocycles. The number of rotatable bonds is 1. The molecule has 2 aromatic carbocycles. The van der Waals surface area contributed by atoms with Gasteiger partial charge in [-0.05, 0) is 54.5 Å². The summed E-state index contributed by atoms with van der Waals surface area (Å²) in [5.74, 6) is 1.67. The van der Waals surface area contributed by atoms with Gasteiger partial charge in [0.1, 0.15) is 0 Å². The van der Waals surface area contributed by atoms with Gasteiger partial charge in [-0.1, -0.05) is 51.6 Å². The van der Waals surface area contributed by atoms with Gasteiger partial charge < -0.3 is 7.58 Å². The van der Waals surface area contributed by atoms with E-state index in [1.807, 2.05) is 36.7 Å². The summed E-state index contributed by atoms with van der Waals surface area (Å²) in [7, 11) is 0. The van der Waals surface area contributed by atoms with Crippen LogP contribution in [-0.4, -0.2) is 39.3 Å². The molecule has 2 aromatic rings. The lowest BCUT2D eigenvalue weighted by molar-refractivity contribution is 0.390. The van der Waals surface area contributed by atoms with Gasteiger partial charge in [0, 0.05) is 32.5 Å². The standard InChI is InChI=1S/C20H20Br2N2O2.C2H5.Al/c21-15-5-7-19(25)13(9-15)11-23-17-3-1-2-4-18(17)24-12-14-10-16(22)6-8-20(14)26;1-2;/h5-12,17-18,25-26H,1-4H2;1H2,2H3;/q;;+2/p-2/t17-,18-;;/m1../s1. The zero-order chi connectivity index (χ0) is 20.2. The van der Waals surface area contributed by atoms with Gasteiger partial charge >= 0.3 is 14.8 Å². The Labute approximate surface area is 193 Å². The highest BCUT2D eigenvalue weighted by Gasteiger charge is 2.32. The quantitative estimate of drug-likeness (QED) is 0.401. The van der Waals surface area contributed by atoms with Crippen LogP contribution in [-0.2, 0) is 0 Å². The van der Waals surface area contributed by atoms with Crippen molar-refractivity contribution in [2.75, 3.05) is 0 Å². The molecule has 0 unspecified atom stereocenters. The van der Waals surface area contributed by atoms with Crippen molar-refractivity contribution in [2.24, 2.45) is 9.98 Å². The molecule has 2 atom stereocenters. The van der Waals surface area contributed by atoms with E-state index in [9.17, 15) is 0 Å². The summed E-state index contributed by atoms with van der Waals surface area (Å²) in [5.41, 5.74) is 1.97. The van der Waals surface area contributed by atoms with Crippen molar-refractivity contribution in [3.63, 3.8) is 0 Å². The molecule has 1 aliphatic carbocycles. The fourth-order valence-electron chi connectivity index (χ4n) is 3.72. The highest BCUT2D eigenvalue weighted by molar-refractivity contribution is 9.10. The fourth-order valence-corrected chi connectivity index (χ4v) is 5.86. The van der Waals surface area contributed by atoms with E-state index in [4.69, 9.17) is 17.6 Å². The second kappa shape index (κ2) is 9.79. The average Bonchev–Trinajstić information content (AvgIpc) is 2.74. The van der Waals surface area contributed by atoms with E-state index >= 15 is 0 Å². The fraction of sp³-hybridized carbons (Fsp3) is 0.364. The summed E-state index contributed by atoms with van der Waals surface area (Å²) < 4.78 is 14.8. The first-order valence-electron chi connectivity index (χ1n) is 10.1. The van der Waals surface area contributed by atoms with Gasteiger partial charge in [0.15, 0.2) is 0 Å². The summed E-state index contributed by atoms with van der Waals surface area (Å²) in [6.07, 6.45) is 8.45. The number of nitrogens with zero attached hydrogens (tertiary/aromatic N) is 2. The van der Waals surface area contributed by atoms with Gasteiger partial charge in [-0.25, -0.2) is 0 Å². The summed E-state index contributed by atoms with van der Waals surface area (Å²) in [6.45, 7) is 2.11. The van der Waals surface area contributed by atoms with Gasteiger partial charge in [-0.3, -0.25) is 9.98 Å². The van der Waals surface area contributed by atoms with Gasteiger partial charge in [0.25, 0.3) is 0 Å². The van der Waals surface area contributed by atoms with E-state index in [0.29, 0.717) is 0 Å². The molecule has 2 aliphatic rings. The minimum atomic E-state index is -1.97. The Morgan fingerprint density at radius 3 is 1.79 bits per heavy atom. The van der Waals surface area contributed by atoms with Crippen LogP contribution in [0.3, 0.4) is 0 Å². The molecule has 4 rings (SSSR count). The maximum absolute atomic E-state index is 6.39. The SMILES string of the molecule is C[CH2][Al]1[O]c2ccc(Br)cc2C=N[C@@H]2CCCC[C@H]2N=Cc2cc(Br)ccc2[O]1. The largest absolute Gasteiger partial charge is 0.856 e. The summed E-state index contributed by atoms with van der Waals surface area (Å²) in [6, 6.07) is 12.5. The highest BCUT2D eigenvalue weighted by Crippen LogP contribution is 2.29. The monoisotopic (exact) mass is 532 g/mol. The molecule has 1 fully saturated rings. The maximum Gasteiger partial charge on any atom is 0.856 e. The molecule has 29 heavy (non-hydrogen) atoms. The van der Waals surface area contributed by atoms with Crippen LogP contribution >= 0.6 is 31.9 Å². The van der Waals surface area contributed by atoms with Crippen molar-refractivity contribution in [1.82, 2.24) is 0 Å². The molecule has 150 valence electrons. The minimum absolute atomic E-state index is 0.198. The first kappa shape index (κ1) is 21.1. The molecule has 1 heterocycles.